The van der Waals surface area contributed by atoms with Gasteiger partial charge in [-0.25, -0.2) is 0 Å². The van der Waals surface area contributed by atoms with Crippen LogP contribution >= 0.6 is 0 Å². The summed E-state index contributed by atoms with van der Waals surface area (Å²) in [5, 5.41) is 0. The first-order chi connectivity index (χ1) is 7.43. The van der Waals surface area contributed by atoms with E-state index in [1.807, 2.05) is 26.0 Å². The molecule has 0 heterocycles. The fourth-order valence-corrected chi connectivity index (χ4v) is 1.65. The number of likely N-dealkylation sites (N-methyl/N-ethyl adjacent to an activating group) is 1. The number of carbonyl (C=O) groups excluding carboxylic acids is 1. The lowest BCUT2D eigenvalue weighted by Crippen LogP contribution is -2.29. The zero-order valence-corrected chi connectivity index (χ0v) is 10.1. The van der Waals surface area contributed by atoms with Crippen LogP contribution in [0.3, 0.4) is 0 Å². The fourth-order valence-electron chi connectivity index (χ4n) is 1.65. The third-order valence-electron chi connectivity index (χ3n) is 2.37. The number of hydrogen-bond acceptors (Lipinski definition) is 2. The maximum atomic E-state index is 12.1. The first-order valence-corrected chi connectivity index (χ1v) is 5.18. The molecule has 0 aromatic heterocycles. The molecule has 1 aromatic rings. The number of nitrogens with two attached hydrogens (primary N) is 1. The lowest BCUT2D eigenvalue weighted by atomic mass is 10.1. The average molecular weight is 218 g/mol. The van der Waals surface area contributed by atoms with E-state index in [1.54, 1.807) is 18.0 Å². The summed E-state index contributed by atoms with van der Waals surface area (Å²) in [6.07, 6.45) is 0. The van der Waals surface area contributed by atoms with Crippen molar-refractivity contribution in [3.8, 4) is 0 Å². The Hall–Kier alpha value is -1.77. The summed E-state index contributed by atoms with van der Waals surface area (Å²) in [6.45, 7) is 8.12. The highest BCUT2D eigenvalue weighted by molar-refractivity contribution is 6.00. The van der Waals surface area contributed by atoms with Crippen molar-refractivity contribution in [3.63, 3.8) is 0 Å². The van der Waals surface area contributed by atoms with Crippen LogP contribution < -0.4 is 5.73 Å². The third kappa shape index (κ3) is 2.63. The van der Waals surface area contributed by atoms with Gasteiger partial charge in [-0.3, -0.25) is 4.79 Å². The van der Waals surface area contributed by atoms with Gasteiger partial charge in [0, 0.05) is 19.3 Å². The van der Waals surface area contributed by atoms with Crippen molar-refractivity contribution in [2.24, 2.45) is 0 Å². The molecular weight excluding hydrogens is 200 g/mol. The maximum Gasteiger partial charge on any atom is 0.256 e. The van der Waals surface area contributed by atoms with E-state index in [-0.39, 0.29) is 5.91 Å². The lowest BCUT2D eigenvalue weighted by molar-refractivity contribution is 0.0807. The Kier molecular flexibility index (Phi) is 3.72. The molecule has 0 aliphatic heterocycles. The molecule has 0 atom stereocenters. The molecule has 0 radical (unpaired) electrons. The molecular formula is C13H18N2O. The van der Waals surface area contributed by atoms with Gasteiger partial charge in [0.15, 0.2) is 0 Å². The molecule has 0 aliphatic carbocycles. The van der Waals surface area contributed by atoms with E-state index in [2.05, 4.69) is 6.58 Å². The minimum Gasteiger partial charge on any atom is -0.398 e. The quantitative estimate of drug-likeness (QED) is 0.624. The van der Waals surface area contributed by atoms with Crippen LogP contribution in [0, 0.1) is 6.92 Å². The second-order valence-corrected chi connectivity index (χ2v) is 4.16. The van der Waals surface area contributed by atoms with Crippen LogP contribution in [0.5, 0.6) is 0 Å². The van der Waals surface area contributed by atoms with Gasteiger partial charge in [0.05, 0.1) is 5.56 Å². The Balaban J connectivity index is 3.00. The number of amides is 1. The number of nitrogens with zero attached hydrogens (tertiary/aromatic N) is 1. The summed E-state index contributed by atoms with van der Waals surface area (Å²) in [5.41, 5.74) is 8.79. The molecule has 1 amide bonds. The first kappa shape index (κ1) is 12.3. The van der Waals surface area contributed by atoms with Crippen molar-refractivity contribution >= 4 is 11.6 Å². The predicted octanol–water partition coefficient (Wildman–Crippen LogP) is 2.23. The van der Waals surface area contributed by atoms with Gasteiger partial charge in [-0.15, -0.1) is 0 Å². The van der Waals surface area contributed by atoms with Gasteiger partial charge in [0.2, 0.25) is 0 Å². The van der Waals surface area contributed by atoms with Crippen LogP contribution in [0.15, 0.2) is 30.4 Å². The highest BCUT2D eigenvalue weighted by Crippen LogP contribution is 2.18. The SMILES string of the molecule is C=C(C)CN(C)C(=O)c1c(C)cccc1N. The monoisotopic (exact) mass is 218 g/mol. The minimum absolute atomic E-state index is 0.0569. The summed E-state index contributed by atoms with van der Waals surface area (Å²) >= 11 is 0. The van der Waals surface area contributed by atoms with E-state index in [1.165, 1.54) is 0 Å². The van der Waals surface area contributed by atoms with Crippen molar-refractivity contribution in [2.75, 3.05) is 19.3 Å². The smallest absolute Gasteiger partial charge is 0.256 e. The van der Waals surface area contributed by atoms with E-state index >= 15 is 0 Å². The Morgan fingerprint density at radius 3 is 2.62 bits per heavy atom. The van der Waals surface area contributed by atoms with E-state index in [0.717, 1.165) is 11.1 Å². The third-order valence-corrected chi connectivity index (χ3v) is 2.37. The van der Waals surface area contributed by atoms with Crippen LogP contribution in [-0.4, -0.2) is 24.4 Å². The van der Waals surface area contributed by atoms with E-state index in [9.17, 15) is 4.79 Å². The fraction of sp³-hybridized carbons (Fsp3) is 0.308. The van der Waals surface area contributed by atoms with Crippen molar-refractivity contribution in [2.45, 2.75) is 13.8 Å². The van der Waals surface area contributed by atoms with E-state index in [0.29, 0.717) is 17.8 Å². The van der Waals surface area contributed by atoms with E-state index in [4.69, 9.17) is 5.73 Å². The first-order valence-electron chi connectivity index (χ1n) is 5.18. The van der Waals surface area contributed by atoms with Gasteiger partial charge in [-0.05, 0) is 25.5 Å². The second kappa shape index (κ2) is 4.84. The molecule has 3 heteroatoms. The molecule has 0 saturated carbocycles. The van der Waals surface area contributed by atoms with Gasteiger partial charge < -0.3 is 10.6 Å². The molecule has 0 aliphatic rings. The Labute approximate surface area is 96.6 Å². The second-order valence-electron chi connectivity index (χ2n) is 4.16. The molecule has 1 aromatic carbocycles. The number of aryl methyl sites for hydroxylation is 1. The zero-order valence-electron chi connectivity index (χ0n) is 10.1. The summed E-state index contributed by atoms with van der Waals surface area (Å²) in [4.78, 5) is 13.8. The molecule has 16 heavy (non-hydrogen) atoms. The summed E-state index contributed by atoms with van der Waals surface area (Å²) in [6, 6.07) is 5.48. The molecule has 3 nitrogen and oxygen atoms in total. The number of nitrogen functional groups attached to an aromatic ring is 1. The van der Waals surface area contributed by atoms with E-state index < -0.39 is 0 Å². The van der Waals surface area contributed by atoms with Gasteiger partial charge >= 0.3 is 0 Å². The zero-order chi connectivity index (χ0) is 12.3. The topological polar surface area (TPSA) is 46.3 Å². The lowest BCUT2D eigenvalue weighted by Gasteiger charge is -2.19. The predicted molar refractivity (Wildman–Crippen MR) is 67.4 cm³/mol. The normalized spacial score (nSPS) is 9.94. The van der Waals surface area contributed by atoms with Crippen molar-refractivity contribution in [1.29, 1.82) is 0 Å². The number of rotatable bonds is 3. The van der Waals surface area contributed by atoms with Crippen LogP contribution in [0.2, 0.25) is 0 Å². The molecule has 2 N–H and O–H groups in total. The van der Waals surface area contributed by atoms with Crippen molar-refractivity contribution in [3.05, 3.63) is 41.5 Å². The summed E-state index contributed by atoms with van der Waals surface area (Å²) in [5.74, 6) is -0.0569. The van der Waals surface area contributed by atoms with Crippen molar-refractivity contribution < 1.29 is 4.79 Å². The van der Waals surface area contributed by atoms with Gasteiger partial charge in [-0.2, -0.15) is 0 Å². The average Bonchev–Trinajstić information content (AvgIpc) is 2.16. The van der Waals surface area contributed by atoms with Crippen molar-refractivity contribution in [1.82, 2.24) is 4.90 Å². The maximum absolute atomic E-state index is 12.1. The molecule has 1 rings (SSSR count). The highest BCUT2D eigenvalue weighted by Gasteiger charge is 2.16. The van der Waals surface area contributed by atoms with Crippen LogP contribution in [0.4, 0.5) is 5.69 Å². The molecule has 0 saturated heterocycles. The van der Waals surface area contributed by atoms with Gasteiger partial charge in [-0.1, -0.05) is 24.3 Å². The molecule has 0 spiro atoms. The van der Waals surface area contributed by atoms with Crippen LogP contribution in [0.25, 0.3) is 0 Å². The standard InChI is InChI=1S/C13H18N2O/c1-9(2)8-15(4)13(16)12-10(3)6-5-7-11(12)14/h5-7H,1,8,14H2,2-4H3. The molecule has 0 bridgehead atoms. The van der Waals surface area contributed by atoms with Crippen LogP contribution in [0.1, 0.15) is 22.8 Å². The largest absolute Gasteiger partial charge is 0.398 e. The Bertz CT molecular complexity index is 404. The van der Waals surface area contributed by atoms with Gasteiger partial charge in [0.1, 0.15) is 0 Å². The number of hydrogen-bond donors (Lipinski definition) is 1. The number of benzene rings is 1. The molecule has 86 valence electrons. The van der Waals surface area contributed by atoms with Crippen LogP contribution in [-0.2, 0) is 0 Å². The number of anilines is 1. The highest BCUT2D eigenvalue weighted by atomic mass is 16.2. The molecule has 0 unspecified atom stereocenters. The van der Waals surface area contributed by atoms with Gasteiger partial charge in [0.25, 0.3) is 5.91 Å². The molecule has 0 fully saturated rings. The summed E-state index contributed by atoms with van der Waals surface area (Å²) < 4.78 is 0. The Morgan fingerprint density at radius 1 is 1.50 bits per heavy atom. The summed E-state index contributed by atoms with van der Waals surface area (Å²) in [7, 11) is 1.75. The Morgan fingerprint density at radius 2 is 2.12 bits per heavy atom. The number of carbonyl (C=O) groups is 1. The minimum atomic E-state index is -0.0569.